The summed E-state index contributed by atoms with van der Waals surface area (Å²) in [7, 11) is 1.61. The monoisotopic (exact) mass is 222 g/mol. The molecular formula is C11H18N4O. The highest BCUT2D eigenvalue weighted by molar-refractivity contribution is 5.32. The van der Waals surface area contributed by atoms with E-state index in [2.05, 4.69) is 21.8 Å². The topological polar surface area (TPSA) is 64.3 Å². The Morgan fingerprint density at radius 2 is 2.12 bits per heavy atom. The fraction of sp³-hybridized carbons (Fsp3) is 0.636. The van der Waals surface area contributed by atoms with Gasteiger partial charge < -0.3 is 15.4 Å². The van der Waals surface area contributed by atoms with Gasteiger partial charge in [-0.3, -0.25) is 0 Å². The third kappa shape index (κ3) is 2.24. The molecule has 1 aromatic rings. The lowest BCUT2D eigenvalue weighted by molar-refractivity contribution is 0.375. The quantitative estimate of drug-likeness (QED) is 0.796. The third-order valence-corrected chi connectivity index (χ3v) is 3.15. The maximum Gasteiger partial charge on any atom is 0.225 e. The minimum absolute atomic E-state index is 0.208. The second kappa shape index (κ2) is 4.65. The van der Waals surface area contributed by atoms with Crippen molar-refractivity contribution in [2.24, 2.45) is 11.7 Å². The van der Waals surface area contributed by atoms with Crippen LogP contribution in [0.3, 0.4) is 0 Å². The lowest BCUT2D eigenvalue weighted by Crippen LogP contribution is -2.48. The number of hydrogen-bond acceptors (Lipinski definition) is 5. The third-order valence-electron chi connectivity index (χ3n) is 3.15. The Morgan fingerprint density at radius 3 is 2.69 bits per heavy atom. The number of ether oxygens (including phenoxy) is 1. The van der Waals surface area contributed by atoms with Gasteiger partial charge in [-0.1, -0.05) is 6.92 Å². The van der Waals surface area contributed by atoms with E-state index in [1.165, 1.54) is 0 Å². The Balaban J connectivity index is 2.06. The Hall–Kier alpha value is -1.36. The average Bonchev–Trinajstić information content (AvgIpc) is 2.33. The van der Waals surface area contributed by atoms with Crippen molar-refractivity contribution < 1.29 is 4.74 Å². The zero-order chi connectivity index (χ0) is 11.5. The fourth-order valence-electron chi connectivity index (χ4n) is 1.86. The van der Waals surface area contributed by atoms with E-state index in [1.807, 2.05) is 0 Å². The fourth-order valence-corrected chi connectivity index (χ4v) is 1.86. The van der Waals surface area contributed by atoms with Crippen LogP contribution in [0.15, 0.2) is 12.4 Å². The van der Waals surface area contributed by atoms with Crippen LogP contribution in [-0.2, 0) is 0 Å². The molecule has 0 bridgehead atoms. The van der Waals surface area contributed by atoms with E-state index < -0.39 is 0 Å². The zero-order valence-electron chi connectivity index (χ0n) is 9.76. The zero-order valence-corrected chi connectivity index (χ0v) is 9.76. The van der Waals surface area contributed by atoms with E-state index in [4.69, 9.17) is 10.5 Å². The predicted octanol–water partition coefficient (Wildman–Crippen LogP) is 0.659. The molecule has 2 N–H and O–H groups in total. The summed E-state index contributed by atoms with van der Waals surface area (Å²) in [6.45, 7) is 3.99. The van der Waals surface area contributed by atoms with E-state index in [0.29, 0.717) is 11.7 Å². The van der Waals surface area contributed by atoms with E-state index in [-0.39, 0.29) is 6.04 Å². The van der Waals surface area contributed by atoms with Crippen LogP contribution >= 0.6 is 0 Å². The number of hydrogen-bond donors (Lipinski definition) is 1. The van der Waals surface area contributed by atoms with Gasteiger partial charge in [-0.05, 0) is 12.3 Å². The molecule has 2 rings (SSSR count). The maximum atomic E-state index is 6.04. The van der Waals surface area contributed by atoms with Crippen LogP contribution in [-0.4, -0.2) is 36.2 Å². The number of nitrogens with two attached hydrogens (primary N) is 1. The lowest BCUT2D eigenvalue weighted by Gasteiger charge is -2.34. The van der Waals surface area contributed by atoms with Crippen molar-refractivity contribution in [1.82, 2.24) is 9.97 Å². The molecule has 1 fully saturated rings. The number of aromatic nitrogens is 2. The van der Waals surface area contributed by atoms with Crippen LogP contribution in [0.25, 0.3) is 0 Å². The van der Waals surface area contributed by atoms with Gasteiger partial charge in [0.2, 0.25) is 5.95 Å². The van der Waals surface area contributed by atoms with Gasteiger partial charge in [0.15, 0.2) is 5.75 Å². The van der Waals surface area contributed by atoms with Crippen LogP contribution < -0.4 is 15.4 Å². The smallest absolute Gasteiger partial charge is 0.225 e. The van der Waals surface area contributed by atoms with Gasteiger partial charge in [0.1, 0.15) is 0 Å². The molecule has 1 aliphatic heterocycles. The van der Waals surface area contributed by atoms with Crippen LogP contribution in [0.1, 0.15) is 13.3 Å². The Morgan fingerprint density at radius 1 is 1.44 bits per heavy atom. The molecule has 0 aliphatic carbocycles. The van der Waals surface area contributed by atoms with Gasteiger partial charge in [0.05, 0.1) is 19.5 Å². The molecule has 88 valence electrons. The van der Waals surface area contributed by atoms with Crippen molar-refractivity contribution in [3.63, 3.8) is 0 Å². The van der Waals surface area contributed by atoms with Crippen molar-refractivity contribution in [2.45, 2.75) is 19.4 Å². The second-order valence-electron chi connectivity index (χ2n) is 4.30. The van der Waals surface area contributed by atoms with Crippen molar-refractivity contribution >= 4 is 5.95 Å². The first-order valence-electron chi connectivity index (χ1n) is 5.57. The highest BCUT2D eigenvalue weighted by Gasteiger charge is 2.24. The molecule has 5 heteroatoms. The number of nitrogens with zero attached hydrogens (tertiary/aromatic N) is 3. The molecule has 0 spiro atoms. The summed E-state index contributed by atoms with van der Waals surface area (Å²) in [5, 5.41) is 0. The normalized spacial score (nSPS) is 25.6. The second-order valence-corrected chi connectivity index (χ2v) is 4.30. The minimum atomic E-state index is 0.208. The molecule has 1 saturated heterocycles. The van der Waals surface area contributed by atoms with Crippen molar-refractivity contribution in [2.75, 3.05) is 25.1 Å². The summed E-state index contributed by atoms with van der Waals surface area (Å²) in [6.07, 6.45) is 4.47. The molecule has 5 nitrogen and oxygen atoms in total. The molecular weight excluding hydrogens is 204 g/mol. The SMILES string of the molecule is COc1cnc(N2CCC(C)C(N)C2)nc1. The van der Waals surface area contributed by atoms with Crippen LogP contribution in [0, 0.1) is 5.92 Å². The van der Waals surface area contributed by atoms with Crippen LogP contribution in [0.5, 0.6) is 5.75 Å². The molecule has 0 radical (unpaired) electrons. The van der Waals surface area contributed by atoms with Gasteiger partial charge >= 0.3 is 0 Å². The van der Waals surface area contributed by atoms with Crippen molar-refractivity contribution in [3.8, 4) is 5.75 Å². The summed E-state index contributed by atoms with van der Waals surface area (Å²) < 4.78 is 5.03. The molecule has 0 aromatic carbocycles. The first-order valence-corrected chi connectivity index (χ1v) is 5.57. The standard InChI is InChI=1S/C11H18N4O/c1-8-3-4-15(7-10(8)12)11-13-5-9(16-2)6-14-11/h5-6,8,10H,3-4,7,12H2,1-2H3. The Bertz CT molecular complexity index is 340. The van der Waals surface area contributed by atoms with E-state index in [0.717, 1.165) is 25.5 Å². The van der Waals surface area contributed by atoms with Gasteiger partial charge in [-0.15, -0.1) is 0 Å². The first-order chi connectivity index (χ1) is 7.70. The lowest BCUT2D eigenvalue weighted by atomic mass is 9.95. The van der Waals surface area contributed by atoms with E-state index >= 15 is 0 Å². The molecule has 2 atom stereocenters. The Labute approximate surface area is 95.6 Å². The number of rotatable bonds is 2. The molecule has 0 saturated carbocycles. The number of piperidine rings is 1. The summed E-state index contributed by atoms with van der Waals surface area (Å²) in [6, 6.07) is 0.208. The molecule has 2 heterocycles. The number of anilines is 1. The van der Waals surface area contributed by atoms with Crippen molar-refractivity contribution in [1.29, 1.82) is 0 Å². The highest BCUT2D eigenvalue weighted by Crippen LogP contribution is 2.19. The highest BCUT2D eigenvalue weighted by atomic mass is 16.5. The summed E-state index contributed by atoms with van der Waals surface area (Å²) in [4.78, 5) is 10.7. The van der Waals surface area contributed by atoms with Gasteiger partial charge in [-0.2, -0.15) is 0 Å². The molecule has 2 unspecified atom stereocenters. The van der Waals surface area contributed by atoms with Gasteiger partial charge in [0, 0.05) is 19.1 Å². The molecule has 0 amide bonds. The minimum Gasteiger partial charge on any atom is -0.494 e. The Kier molecular flexibility index (Phi) is 3.24. The van der Waals surface area contributed by atoms with Crippen LogP contribution in [0.4, 0.5) is 5.95 Å². The summed E-state index contributed by atoms with van der Waals surface area (Å²) >= 11 is 0. The molecule has 1 aromatic heterocycles. The largest absolute Gasteiger partial charge is 0.494 e. The van der Waals surface area contributed by atoms with E-state index in [9.17, 15) is 0 Å². The van der Waals surface area contributed by atoms with E-state index in [1.54, 1.807) is 19.5 Å². The summed E-state index contributed by atoms with van der Waals surface area (Å²) in [5.41, 5.74) is 6.04. The van der Waals surface area contributed by atoms with Gasteiger partial charge in [0.25, 0.3) is 0 Å². The van der Waals surface area contributed by atoms with Crippen molar-refractivity contribution in [3.05, 3.63) is 12.4 Å². The van der Waals surface area contributed by atoms with Crippen LogP contribution in [0.2, 0.25) is 0 Å². The molecule has 1 aliphatic rings. The first kappa shape index (κ1) is 11.1. The summed E-state index contributed by atoms with van der Waals surface area (Å²) in [5.74, 6) is 2.00. The van der Waals surface area contributed by atoms with Gasteiger partial charge in [-0.25, -0.2) is 9.97 Å². The molecule has 16 heavy (non-hydrogen) atoms. The number of methoxy groups -OCH3 is 1. The predicted molar refractivity (Wildman–Crippen MR) is 62.6 cm³/mol. The maximum absolute atomic E-state index is 6.04. The average molecular weight is 222 g/mol.